The Kier molecular flexibility index (Phi) is 7.32. The maximum Gasteiger partial charge on any atom is 0.267 e. The van der Waals surface area contributed by atoms with Gasteiger partial charge in [0.15, 0.2) is 15.8 Å². The number of aromatic nitrogens is 3. The minimum absolute atomic E-state index is 0.0280. The maximum absolute atomic E-state index is 16.1. The van der Waals surface area contributed by atoms with Gasteiger partial charge in [-0.3, -0.25) is 4.72 Å². The average molecular weight is 601 g/mol. The van der Waals surface area contributed by atoms with Crippen molar-refractivity contribution in [2.75, 3.05) is 28.0 Å². The molecule has 8 nitrogen and oxygen atoms in total. The Labute approximate surface area is 239 Å². The third-order valence-corrected chi connectivity index (χ3v) is 9.59. The summed E-state index contributed by atoms with van der Waals surface area (Å²) in [6.45, 7) is 2.96. The van der Waals surface area contributed by atoms with Crippen LogP contribution in [-0.4, -0.2) is 42.5 Å². The number of benzene rings is 2. The van der Waals surface area contributed by atoms with Crippen LogP contribution in [0.5, 0.6) is 0 Å². The lowest BCUT2D eigenvalue weighted by molar-refractivity contribution is 0.516. The smallest absolute Gasteiger partial charge is 0.267 e. The molecule has 2 aliphatic rings. The molecule has 2 N–H and O–H groups in total. The Morgan fingerprint density at radius 2 is 1.76 bits per heavy atom. The van der Waals surface area contributed by atoms with Crippen LogP contribution in [0.3, 0.4) is 0 Å². The van der Waals surface area contributed by atoms with E-state index in [4.69, 9.17) is 4.98 Å². The number of halogens is 3. The highest BCUT2D eigenvalue weighted by Crippen LogP contribution is 2.42. The molecule has 2 aromatic carbocycles. The number of rotatable bonds is 8. The molecule has 214 valence electrons. The zero-order chi connectivity index (χ0) is 28.7. The van der Waals surface area contributed by atoms with Crippen molar-refractivity contribution in [2.24, 2.45) is 0 Å². The normalized spacial score (nSPS) is 15.7. The van der Waals surface area contributed by atoms with Gasteiger partial charge in [-0.15, -0.1) is 0 Å². The Balaban J connectivity index is 1.42. The molecule has 0 unspecified atom stereocenters. The van der Waals surface area contributed by atoms with Crippen molar-refractivity contribution in [3.05, 3.63) is 65.6 Å². The van der Waals surface area contributed by atoms with Crippen molar-refractivity contribution in [3.8, 4) is 21.8 Å². The van der Waals surface area contributed by atoms with Gasteiger partial charge in [-0.05, 0) is 68.9 Å². The first-order chi connectivity index (χ1) is 19.7. The molecular formula is C28H27F3N6O2S2. The van der Waals surface area contributed by atoms with Crippen molar-refractivity contribution in [1.29, 1.82) is 0 Å². The molecule has 0 spiro atoms. The molecule has 13 heteroatoms. The van der Waals surface area contributed by atoms with E-state index < -0.39 is 38.1 Å². The summed E-state index contributed by atoms with van der Waals surface area (Å²) in [5, 5.41) is 3.98. The SMILES string of the molecule is Cc1ccc(F)c(S(=O)(=O)Nc2cccc(-c3nc(N4CCCCC4)sc3-c3ccnc(NC4CC4)n3)c2F)c1F. The van der Waals surface area contributed by atoms with Crippen LogP contribution < -0.4 is 14.9 Å². The second-order valence-corrected chi connectivity index (χ2v) is 12.8. The molecule has 4 aromatic rings. The monoisotopic (exact) mass is 600 g/mol. The van der Waals surface area contributed by atoms with E-state index in [0.717, 1.165) is 57.3 Å². The molecule has 41 heavy (non-hydrogen) atoms. The van der Waals surface area contributed by atoms with Gasteiger partial charge in [0.2, 0.25) is 5.95 Å². The van der Waals surface area contributed by atoms with Crippen molar-refractivity contribution in [3.63, 3.8) is 0 Å². The molecule has 1 aliphatic heterocycles. The van der Waals surface area contributed by atoms with Crippen molar-refractivity contribution in [1.82, 2.24) is 15.0 Å². The molecule has 0 bridgehead atoms. The predicted octanol–water partition coefficient (Wildman–Crippen LogP) is 6.36. The van der Waals surface area contributed by atoms with E-state index in [0.29, 0.717) is 27.7 Å². The predicted molar refractivity (Wildman–Crippen MR) is 153 cm³/mol. The highest BCUT2D eigenvalue weighted by Gasteiger charge is 2.29. The van der Waals surface area contributed by atoms with Crippen molar-refractivity contribution in [2.45, 2.75) is 50.0 Å². The van der Waals surface area contributed by atoms with Gasteiger partial charge < -0.3 is 10.2 Å². The van der Waals surface area contributed by atoms with Gasteiger partial charge in [0, 0.05) is 30.9 Å². The van der Waals surface area contributed by atoms with Crippen LogP contribution in [0.25, 0.3) is 21.8 Å². The zero-order valence-electron chi connectivity index (χ0n) is 22.1. The highest BCUT2D eigenvalue weighted by atomic mass is 32.2. The lowest BCUT2D eigenvalue weighted by Gasteiger charge is -2.25. The third kappa shape index (κ3) is 5.60. The summed E-state index contributed by atoms with van der Waals surface area (Å²) in [4.78, 5) is 15.4. The summed E-state index contributed by atoms with van der Waals surface area (Å²) >= 11 is 1.38. The van der Waals surface area contributed by atoms with Crippen molar-refractivity contribution < 1.29 is 21.6 Å². The third-order valence-electron chi connectivity index (χ3n) is 7.05. The Morgan fingerprint density at radius 1 is 0.976 bits per heavy atom. The lowest BCUT2D eigenvalue weighted by atomic mass is 10.1. The van der Waals surface area contributed by atoms with E-state index in [9.17, 15) is 17.2 Å². The Hall–Kier alpha value is -3.71. The zero-order valence-corrected chi connectivity index (χ0v) is 23.8. The highest BCUT2D eigenvalue weighted by molar-refractivity contribution is 7.92. The minimum Gasteiger partial charge on any atom is -0.351 e. The van der Waals surface area contributed by atoms with Crippen LogP contribution in [0.1, 0.15) is 37.7 Å². The first kappa shape index (κ1) is 27.5. The van der Waals surface area contributed by atoms with Gasteiger partial charge in [-0.1, -0.05) is 23.5 Å². The Morgan fingerprint density at radius 3 is 2.51 bits per heavy atom. The van der Waals surface area contributed by atoms with Gasteiger partial charge in [-0.25, -0.2) is 36.5 Å². The number of hydrogen-bond donors (Lipinski definition) is 2. The van der Waals surface area contributed by atoms with Gasteiger partial charge >= 0.3 is 0 Å². The molecule has 6 rings (SSSR count). The lowest BCUT2D eigenvalue weighted by Crippen LogP contribution is -2.29. The number of piperidine rings is 1. The van der Waals surface area contributed by atoms with E-state index in [1.807, 2.05) is 4.72 Å². The Bertz CT molecular complexity index is 1720. The summed E-state index contributed by atoms with van der Waals surface area (Å²) in [5.41, 5.74) is 0.352. The minimum atomic E-state index is -4.80. The first-order valence-electron chi connectivity index (χ1n) is 13.3. The van der Waals surface area contributed by atoms with Crippen LogP contribution in [0.15, 0.2) is 47.5 Å². The van der Waals surface area contributed by atoms with Crippen LogP contribution in [0, 0.1) is 24.4 Å². The number of nitrogens with one attached hydrogen (secondary N) is 2. The van der Waals surface area contributed by atoms with Gasteiger partial charge in [-0.2, -0.15) is 0 Å². The summed E-state index contributed by atoms with van der Waals surface area (Å²) in [6.07, 6.45) is 6.88. The largest absolute Gasteiger partial charge is 0.351 e. The fraction of sp³-hybridized carbons (Fsp3) is 0.321. The standard InChI is InChI=1S/C28H27F3N6O2S2/c1-16-8-11-19(29)26(22(16)30)41(38,39)36-20-7-5-6-18(23(20)31)24-25(40-28(35-24)37-14-3-2-4-15-37)21-12-13-32-27(34-21)33-17-9-10-17/h5-8,11-13,17,36H,2-4,9-10,14-15H2,1H3,(H,32,33,34). The fourth-order valence-electron chi connectivity index (χ4n) is 4.72. The summed E-state index contributed by atoms with van der Waals surface area (Å²) in [7, 11) is -4.80. The number of hydrogen-bond acceptors (Lipinski definition) is 8. The van der Waals surface area contributed by atoms with E-state index in [-0.39, 0.29) is 16.8 Å². The number of sulfonamides is 1. The number of thiazole rings is 1. The topological polar surface area (TPSA) is 100 Å². The van der Waals surface area contributed by atoms with Gasteiger partial charge in [0.25, 0.3) is 10.0 Å². The van der Waals surface area contributed by atoms with E-state index in [1.165, 1.54) is 36.5 Å². The number of aryl methyl sites for hydroxylation is 1. The van der Waals surface area contributed by atoms with Crippen LogP contribution in [-0.2, 0) is 10.0 Å². The summed E-state index contributed by atoms with van der Waals surface area (Å²) < 4.78 is 73.2. The summed E-state index contributed by atoms with van der Waals surface area (Å²) in [6, 6.07) is 8.20. The van der Waals surface area contributed by atoms with E-state index >= 15 is 4.39 Å². The molecule has 1 aliphatic carbocycles. The molecule has 1 saturated carbocycles. The second kappa shape index (κ2) is 10.9. The second-order valence-electron chi connectivity index (χ2n) is 10.2. The van der Waals surface area contributed by atoms with Crippen LogP contribution in [0.4, 0.5) is 29.9 Å². The van der Waals surface area contributed by atoms with Crippen LogP contribution in [0.2, 0.25) is 0 Å². The molecule has 1 saturated heterocycles. The van der Waals surface area contributed by atoms with Crippen LogP contribution >= 0.6 is 11.3 Å². The molecular weight excluding hydrogens is 573 g/mol. The maximum atomic E-state index is 16.1. The van der Waals surface area contributed by atoms with Gasteiger partial charge in [0.05, 0.1) is 22.0 Å². The molecule has 0 amide bonds. The fourth-order valence-corrected chi connectivity index (χ4v) is 7.09. The molecule has 2 fully saturated rings. The number of nitrogens with zero attached hydrogens (tertiary/aromatic N) is 4. The average Bonchev–Trinajstić information content (AvgIpc) is 3.66. The first-order valence-corrected chi connectivity index (χ1v) is 15.6. The molecule has 2 aromatic heterocycles. The van der Waals surface area contributed by atoms with E-state index in [2.05, 4.69) is 20.2 Å². The number of anilines is 3. The summed E-state index contributed by atoms with van der Waals surface area (Å²) in [5.74, 6) is -2.97. The van der Waals surface area contributed by atoms with Crippen molar-refractivity contribution >= 4 is 38.1 Å². The van der Waals surface area contributed by atoms with Gasteiger partial charge in [0.1, 0.15) is 11.6 Å². The molecule has 0 atom stereocenters. The molecule has 3 heterocycles. The quantitative estimate of drug-likeness (QED) is 0.243. The molecule has 0 radical (unpaired) electrons. The van der Waals surface area contributed by atoms with E-state index in [1.54, 1.807) is 12.3 Å².